The van der Waals surface area contributed by atoms with E-state index in [1.165, 1.54) is 25.7 Å². The van der Waals surface area contributed by atoms with E-state index in [0.717, 1.165) is 24.9 Å². The molecule has 2 aliphatic rings. The van der Waals surface area contributed by atoms with Gasteiger partial charge in [-0.2, -0.15) is 0 Å². The molecule has 1 saturated carbocycles. The van der Waals surface area contributed by atoms with Gasteiger partial charge in [0.25, 0.3) is 0 Å². The Balaban J connectivity index is 1.64. The smallest absolute Gasteiger partial charge is 0.319 e. The molecule has 3 rings (SSSR count). The van der Waals surface area contributed by atoms with Crippen molar-refractivity contribution in [1.82, 2.24) is 5.32 Å². The lowest BCUT2D eigenvalue weighted by molar-refractivity contribution is -0.117. The molecule has 0 radical (unpaired) electrons. The molecule has 1 heterocycles. The molecule has 3 amide bonds. The van der Waals surface area contributed by atoms with Crippen LogP contribution in [0.15, 0.2) is 18.2 Å². The Morgan fingerprint density at radius 2 is 1.92 bits per heavy atom. The Morgan fingerprint density at radius 3 is 2.56 bits per heavy atom. The van der Waals surface area contributed by atoms with Gasteiger partial charge in [-0.1, -0.05) is 25.7 Å². The molecule has 0 aromatic heterocycles. The van der Waals surface area contributed by atoms with Gasteiger partial charge in [0.1, 0.15) is 5.75 Å². The zero-order chi connectivity index (χ0) is 17.6. The Kier molecular flexibility index (Phi) is 5.79. The molecule has 2 fully saturated rings. The maximum atomic E-state index is 12.3. The van der Waals surface area contributed by atoms with Gasteiger partial charge in [0.15, 0.2) is 0 Å². The van der Waals surface area contributed by atoms with Crippen LogP contribution in [0.2, 0.25) is 0 Å². The van der Waals surface area contributed by atoms with Crippen molar-refractivity contribution in [1.29, 1.82) is 0 Å². The van der Waals surface area contributed by atoms with E-state index in [1.54, 1.807) is 18.1 Å². The molecule has 25 heavy (non-hydrogen) atoms. The predicted octanol–water partition coefficient (Wildman–Crippen LogP) is 3.67. The number of rotatable bonds is 4. The molecule has 1 aromatic carbocycles. The second-order valence-corrected chi connectivity index (χ2v) is 6.82. The number of amides is 3. The number of benzene rings is 1. The molecule has 1 aliphatic heterocycles. The van der Waals surface area contributed by atoms with E-state index in [1.807, 2.05) is 12.1 Å². The third-order valence-corrected chi connectivity index (χ3v) is 4.99. The first-order valence-corrected chi connectivity index (χ1v) is 9.23. The third kappa shape index (κ3) is 4.44. The molecule has 0 bridgehead atoms. The number of carbonyl (C=O) groups excluding carboxylic acids is 2. The number of nitrogens with zero attached hydrogens (tertiary/aromatic N) is 1. The number of hydrogen-bond acceptors (Lipinski definition) is 3. The standard InChI is InChI=1S/C19H27N3O3/c1-25-17-13-15(10-11-16(17)22-12-6-9-18(22)23)21-19(24)20-14-7-4-2-3-5-8-14/h10-11,13-14H,2-9,12H2,1H3,(H2,20,21,24). The molecule has 0 spiro atoms. The van der Waals surface area contributed by atoms with Crippen LogP contribution >= 0.6 is 0 Å². The summed E-state index contributed by atoms with van der Waals surface area (Å²) in [6.07, 6.45) is 8.41. The first kappa shape index (κ1) is 17.6. The fourth-order valence-electron chi connectivity index (χ4n) is 3.66. The summed E-state index contributed by atoms with van der Waals surface area (Å²) in [4.78, 5) is 25.9. The number of urea groups is 1. The third-order valence-electron chi connectivity index (χ3n) is 4.99. The minimum absolute atomic E-state index is 0.116. The maximum Gasteiger partial charge on any atom is 0.319 e. The average Bonchev–Trinajstić information content (AvgIpc) is 2.86. The van der Waals surface area contributed by atoms with Crippen molar-refractivity contribution in [3.8, 4) is 5.75 Å². The minimum Gasteiger partial charge on any atom is -0.494 e. The molecule has 0 unspecified atom stereocenters. The van der Waals surface area contributed by atoms with Crippen LogP contribution in [0.1, 0.15) is 51.4 Å². The van der Waals surface area contributed by atoms with Crippen molar-refractivity contribution in [2.75, 3.05) is 23.9 Å². The van der Waals surface area contributed by atoms with Gasteiger partial charge in [0.05, 0.1) is 12.8 Å². The number of methoxy groups -OCH3 is 1. The molecule has 2 N–H and O–H groups in total. The van der Waals surface area contributed by atoms with Crippen LogP contribution < -0.4 is 20.3 Å². The van der Waals surface area contributed by atoms with Crippen LogP contribution in [0.5, 0.6) is 5.75 Å². The highest BCUT2D eigenvalue weighted by Crippen LogP contribution is 2.33. The van der Waals surface area contributed by atoms with Crippen LogP contribution in [0.4, 0.5) is 16.2 Å². The van der Waals surface area contributed by atoms with Gasteiger partial charge in [0.2, 0.25) is 5.91 Å². The summed E-state index contributed by atoms with van der Waals surface area (Å²) < 4.78 is 5.43. The molecule has 0 atom stereocenters. The van der Waals surface area contributed by atoms with Crippen molar-refractivity contribution in [3.63, 3.8) is 0 Å². The lowest BCUT2D eigenvalue weighted by Crippen LogP contribution is -2.37. The van der Waals surface area contributed by atoms with Crippen molar-refractivity contribution >= 4 is 23.3 Å². The monoisotopic (exact) mass is 345 g/mol. The Bertz CT molecular complexity index is 624. The molecule has 1 saturated heterocycles. The molecule has 1 aromatic rings. The predicted molar refractivity (Wildman–Crippen MR) is 98.2 cm³/mol. The number of nitrogens with one attached hydrogen (secondary N) is 2. The summed E-state index contributed by atoms with van der Waals surface area (Å²) in [5.74, 6) is 0.715. The van der Waals surface area contributed by atoms with Crippen molar-refractivity contribution in [3.05, 3.63) is 18.2 Å². The van der Waals surface area contributed by atoms with Gasteiger partial charge in [-0.3, -0.25) is 4.79 Å². The lowest BCUT2D eigenvalue weighted by Gasteiger charge is -2.20. The first-order valence-electron chi connectivity index (χ1n) is 9.23. The average molecular weight is 345 g/mol. The van der Waals surface area contributed by atoms with E-state index in [0.29, 0.717) is 24.4 Å². The van der Waals surface area contributed by atoms with Gasteiger partial charge in [-0.25, -0.2) is 4.79 Å². The molecule has 1 aliphatic carbocycles. The molecular formula is C19H27N3O3. The number of hydrogen-bond donors (Lipinski definition) is 2. The fraction of sp³-hybridized carbons (Fsp3) is 0.579. The Labute approximate surface area is 148 Å². The molecule has 6 heteroatoms. The van der Waals surface area contributed by atoms with Gasteiger partial charge >= 0.3 is 6.03 Å². The summed E-state index contributed by atoms with van der Waals surface area (Å²) in [5.41, 5.74) is 1.43. The van der Waals surface area contributed by atoms with E-state index in [2.05, 4.69) is 10.6 Å². The van der Waals surface area contributed by atoms with Crippen LogP contribution in [-0.2, 0) is 4.79 Å². The van der Waals surface area contributed by atoms with Gasteiger partial charge in [0, 0.05) is 30.8 Å². The highest BCUT2D eigenvalue weighted by molar-refractivity contribution is 5.97. The lowest BCUT2D eigenvalue weighted by atomic mass is 10.1. The summed E-state index contributed by atoms with van der Waals surface area (Å²) in [7, 11) is 1.58. The van der Waals surface area contributed by atoms with Gasteiger partial charge < -0.3 is 20.3 Å². The second-order valence-electron chi connectivity index (χ2n) is 6.82. The summed E-state index contributed by atoms with van der Waals surface area (Å²) in [5, 5.41) is 5.95. The van der Waals surface area contributed by atoms with E-state index >= 15 is 0 Å². The van der Waals surface area contributed by atoms with Crippen LogP contribution in [0.25, 0.3) is 0 Å². The summed E-state index contributed by atoms with van der Waals surface area (Å²) >= 11 is 0. The summed E-state index contributed by atoms with van der Waals surface area (Å²) in [6.45, 7) is 0.712. The van der Waals surface area contributed by atoms with E-state index in [-0.39, 0.29) is 18.0 Å². The SMILES string of the molecule is COc1cc(NC(=O)NC2CCCCCC2)ccc1N1CCCC1=O. The van der Waals surface area contributed by atoms with Gasteiger partial charge in [-0.15, -0.1) is 0 Å². The quantitative estimate of drug-likeness (QED) is 0.818. The van der Waals surface area contributed by atoms with Crippen LogP contribution in [-0.4, -0.2) is 31.6 Å². The zero-order valence-corrected chi connectivity index (χ0v) is 14.8. The zero-order valence-electron chi connectivity index (χ0n) is 14.8. The highest BCUT2D eigenvalue weighted by Gasteiger charge is 2.24. The molecule has 6 nitrogen and oxygen atoms in total. The molecular weight excluding hydrogens is 318 g/mol. The molecule has 136 valence electrons. The van der Waals surface area contributed by atoms with Crippen molar-refractivity contribution in [2.45, 2.75) is 57.4 Å². The number of carbonyl (C=O) groups is 2. The van der Waals surface area contributed by atoms with Gasteiger partial charge in [-0.05, 0) is 31.4 Å². The second kappa shape index (κ2) is 8.23. The Morgan fingerprint density at radius 1 is 1.16 bits per heavy atom. The highest BCUT2D eigenvalue weighted by atomic mass is 16.5. The normalized spacial score (nSPS) is 18.8. The van der Waals surface area contributed by atoms with E-state index < -0.39 is 0 Å². The number of ether oxygens (including phenoxy) is 1. The summed E-state index contributed by atoms with van der Waals surface area (Å²) in [6, 6.07) is 5.50. The van der Waals surface area contributed by atoms with Crippen molar-refractivity contribution < 1.29 is 14.3 Å². The van der Waals surface area contributed by atoms with Crippen molar-refractivity contribution in [2.24, 2.45) is 0 Å². The first-order chi connectivity index (χ1) is 12.2. The van der Waals surface area contributed by atoms with E-state index in [9.17, 15) is 9.59 Å². The number of anilines is 2. The maximum absolute atomic E-state index is 12.3. The van der Waals surface area contributed by atoms with Crippen LogP contribution in [0, 0.1) is 0 Å². The van der Waals surface area contributed by atoms with Crippen LogP contribution in [0.3, 0.4) is 0 Å². The fourth-order valence-corrected chi connectivity index (χ4v) is 3.66. The minimum atomic E-state index is -0.182. The topological polar surface area (TPSA) is 70.7 Å². The largest absolute Gasteiger partial charge is 0.494 e. The Hall–Kier alpha value is -2.24. The van der Waals surface area contributed by atoms with E-state index in [4.69, 9.17) is 4.74 Å².